The number of aromatic nitrogens is 1. The minimum atomic E-state index is -0.230. The normalized spacial score (nSPS) is 10.2. The van der Waals surface area contributed by atoms with Gasteiger partial charge in [-0.2, -0.15) is 0 Å². The van der Waals surface area contributed by atoms with Crippen LogP contribution in [0.5, 0.6) is 0 Å². The van der Waals surface area contributed by atoms with Crippen molar-refractivity contribution in [2.75, 3.05) is 7.11 Å². The summed E-state index contributed by atoms with van der Waals surface area (Å²) in [4.78, 5) is 16.0. The Morgan fingerprint density at radius 1 is 1.71 bits per heavy atom. The monoisotopic (exact) mass is 260 g/mol. The first-order valence-electron chi connectivity index (χ1n) is 4.38. The fourth-order valence-corrected chi connectivity index (χ4v) is 1.70. The predicted molar refractivity (Wildman–Crippen MR) is 56.9 cm³/mol. The summed E-state index contributed by atoms with van der Waals surface area (Å²) in [5.41, 5.74) is 2.89. The van der Waals surface area contributed by atoms with Gasteiger partial charge in [0.2, 0.25) is 0 Å². The van der Waals surface area contributed by atoms with Gasteiger partial charge in [-0.05, 0) is 28.4 Å². The molecule has 0 saturated heterocycles. The van der Waals surface area contributed by atoms with Crippen molar-refractivity contribution in [3.63, 3.8) is 0 Å². The first-order chi connectivity index (χ1) is 6.69. The van der Waals surface area contributed by atoms with Gasteiger partial charge in [-0.1, -0.05) is 6.92 Å². The second-order valence-corrected chi connectivity index (χ2v) is 3.79. The van der Waals surface area contributed by atoms with Crippen molar-refractivity contribution in [1.29, 1.82) is 0 Å². The molecule has 0 radical (unpaired) electrons. The van der Waals surface area contributed by atoms with Gasteiger partial charge in [-0.3, -0.25) is 9.63 Å². The maximum absolute atomic E-state index is 11.5. The van der Waals surface area contributed by atoms with Gasteiger partial charge >= 0.3 is 0 Å². The molecule has 0 aromatic carbocycles. The van der Waals surface area contributed by atoms with Gasteiger partial charge in [-0.15, -0.1) is 0 Å². The lowest BCUT2D eigenvalue weighted by molar-refractivity contribution is 0.0528. The zero-order chi connectivity index (χ0) is 10.6. The Kier molecular flexibility index (Phi) is 4.16. The van der Waals surface area contributed by atoms with Gasteiger partial charge in [0, 0.05) is 17.2 Å². The van der Waals surface area contributed by atoms with Crippen molar-refractivity contribution in [3.05, 3.63) is 22.4 Å². The summed E-state index contributed by atoms with van der Waals surface area (Å²) in [7, 11) is 1.42. The Morgan fingerprint density at radius 2 is 2.43 bits per heavy atom. The summed E-state index contributed by atoms with van der Waals surface area (Å²) in [6, 6.07) is 1.77. The minimum absolute atomic E-state index is 0.230. The molecule has 1 aromatic heterocycles. The number of nitrogens with one attached hydrogen (secondary N) is 1. The molecule has 0 aliphatic heterocycles. The van der Waals surface area contributed by atoms with E-state index in [0.717, 1.165) is 17.4 Å². The molecule has 4 nitrogen and oxygen atoms in total. The molecule has 0 aliphatic carbocycles. The number of carbonyl (C=O) groups excluding carboxylic acids is 1. The lowest BCUT2D eigenvalue weighted by Gasteiger charge is -2.06. The van der Waals surface area contributed by atoms with E-state index in [2.05, 4.69) is 33.2 Å². The van der Waals surface area contributed by atoms with Gasteiger partial charge in [0.1, 0.15) is 5.69 Å². The molecule has 0 saturated carbocycles. The highest BCUT2D eigenvalue weighted by atomic mass is 79.9. The van der Waals surface area contributed by atoms with E-state index in [-0.39, 0.29) is 5.91 Å². The molecule has 0 fully saturated rings. The second kappa shape index (κ2) is 5.17. The van der Waals surface area contributed by atoms with Gasteiger partial charge in [-0.25, -0.2) is 5.48 Å². The highest BCUT2D eigenvalue weighted by molar-refractivity contribution is 9.10. The van der Waals surface area contributed by atoms with Crippen LogP contribution >= 0.6 is 15.9 Å². The maximum Gasteiger partial charge on any atom is 0.291 e. The van der Waals surface area contributed by atoms with Crippen LogP contribution in [0.1, 0.15) is 23.8 Å². The predicted octanol–water partition coefficient (Wildman–Crippen LogP) is 1.95. The smallest absolute Gasteiger partial charge is 0.291 e. The van der Waals surface area contributed by atoms with Crippen molar-refractivity contribution in [2.45, 2.75) is 19.9 Å². The van der Waals surface area contributed by atoms with Gasteiger partial charge in [0.15, 0.2) is 0 Å². The SMILES string of the molecule is CCCn1cc(Br)cc1C(=O)NOC. The van der Waals surface area contributed by atoms with Crippen molar-refractivity contribution in [2.24, 2.45) is 0 Å². The van der Waals surface area contributed by atoms with Gasteiger partial charge < -0.3 is 4.57 Å². The highest BCUT2D eigenvalue weighted by Crippen LogP contribution is 2.15. The third-order valence-corrected chi connectivity index (χ3v) is 2.19. The van der Waals surface area contributed by atoms with E-state index in [1.807, 2.05) is 10.8 Å². The van der Waals surface area contributed by atoms with E-state index < -0.39 is 0 Å². The summed E-state index contributed by atoms with van der Waals surface area (Å²) in [6.07, 6.45) is 2.86. The second-order valence-electron chi connectivity index (χ2n) is 2.87. The maximum atomic E-state index is 11.5. The van der Waals surface area contributed by atoms with E-state index in [4.69, 9.17) is 0 Å². The van der Waals surface area contributed by atoms with Crippen molar-refractivity contribution in [1.82, 2.24) is 10.0 Å². The molecule has 0 aliphatic rings. The quantitative estimate of drug-likeness (QED) is 0.842. The number of nitrogens with zero attached hydrogens (tertiary/aromatic N) is 1. The van der Waals surface area contributed by atoms with E-state index in [1.165, 1.54) is 7.11 Å². The van der Waals surface area contributed by atoms with E-state index in [0.29, 0.717) is 5.69 Å². The van der Waals surface area contributed by atoms with Crippen molar-refractivity contribution in [3.8, 4) is 0 Å². The molecule has 0 bridgehead atoms. The average molecular weight is 261 g/mol. The van der Waals surface area contributed by atoms with Crippen LogP contribution in [-0.2, 0) is 11.4 Å². The standard InChI is InChI=1S/C9H13BrN2O2/c1-3-4-12-6-7(10)5-8(12)9(13)11-14-2/h5-6H,3-4H2,1-2H3,(H,11,13). The molecule has 1 heterocycles. The molecule has 1 N–H and O–H groups in total. The number of hydrogen-bond acceptors (Lipinski definition) is 2. The Balaban J connectivity index is 2.88. The highest BCUT2D eigenvalue weighted by Gasteiger charge is 2.11. The molecule has 0 atom stereocenters. The number of halogens is 1. The molecule has 0 unspecified atom stereocenters. The van der Waals surface area contributed by atoms with Gasteiger partial charge in [0.05, 0.1) is 7.11 Å². The number of rotatable bonds is 4. The number of hydroxylamine groups is 1. The van der Waals surface area contributed by atoms with E-state index >= 15 is 0 Å². The van der Waals surface area contributed by atoms with Crippen LogP contribution < -0.4 is 5.48 Å². The third-order valence-electron chi connectivity index (χ3n) is 1.76. The van der Waals surface area contributed by atoms with Crippen LogP contribution in [-0.4, -0.2) is 17.6 Å². The minimum Gasteiger partial charge on any atom is -0.342 e. The van der Waals surface area contributed by atoms with Gasteiger partial charge in [0.25, 0.3) is 5.91 Å². The molecule has 1 amide bonds. The zero-order valence-corrected chi connectivity index (χ0v) is 9.80. The lowest BCUT2D eigenvalue weighted by Crippen LogP contribution is -2.24. The molecule has 5 heteroatoms. The Bertz CT molecular complexity index is 323. The fourth-order valence-electron chi connectivity index (χ4n) is 1.24. The van der Waals surface area contributed by atoms with E-state index in [1.54, 1.807) is 6.07 Å². The Labute approximate surface area is 91.3 Å². The third kappa shape index (κ3) is 2.59. The molecule has 1 aromatic rings. The van der Waals surface area contributed by atoms with Crippen LogP contribution in [0.15, 0.2) is 16.7 Å². The molecule has 78 valence electrons. The van der Waals surface area contributed by atoms with Crippen molar-refractivity contribution >= 4 is 21.8 Å². The average Bonchev–Trinajstić information content (AvgIpc) is 2.48. The van der Waals surface area contributed by atoms with Crippen molar-refractivity contribution < 1.29 is 9.63 Å². The van der Waals surface area contributed by atoms with E-state index in [9.17, 15) is 4.79 Å². The summed E-state index contributed by atoms with van der Waals surface area (Å²) < 4.78 is 2.78. The van der Waals surface area contributed by atoms with Crippen LogP contribution in [0, 0.1) is 0 Å². The number of aryl methyl sites for hydroxylation is 1. The largest absolute Gasteiger partial charge is 0.342 e. The fraction of sp³-hybridized carbons (Fsp3) is 0.444. The summed E-state index contributed by atoms with van der Waals surface area (Å²) in [5.74, 6) is -0.230. The lowest BCUT2D eigenvalue weighted by atomic mass is 10.4. The molecular weight excluding hydrogens is 248 g/mol. The number of amides is 1. The molecule has 1 rings (SSSR count). The first-order valence-corrected chi connectivity index (χ1v) is 5.17. The topological polar surface area (TPSA) is 43.3 Å². The zero-order valence-electron chi connectivity index (χ0n) is 8.21. The Hall–Kier alpha value is -0.810. The number of hydrogen-bond donors (Lipinski definition) is 1. The summed E-state index contributed by atoms with van der Waals surface area (Å²) in [6.45, 7) is 2.88. The van der Waals surface area contributed by atoms with Crippen LogP contribution in [0.4, 0.5) is 0 Å². The van der Waals surface area contributed by atoms with Crippen LogP contribution in [0.25, 0.3) is 0 Å². The molecule has 14 heavy (non-hydrogen) atoms. The molecular formula is C9H13BrN2O2. The Morgan fingerprint density at radius 3 is 3.00 bits per heavy atom. The number of carbonyl (C=O) groups is 1. The first kappa shape index (κ1) is 11.3. The summed E-state index contributed by atoms with van der Waals surface area (Å²) >= 11 is 3.33. The summed E-state index contributed by atoms with van der Waals surface area (Å²) in [5, 5.41) is 0. The van der Waals surface area contributed by atoms with Crippen LogP contribution in [0.3, 0.4) is 0 Å². The molecule has 0 spiro atoms. The van der Waals surface area contributed by atoms with Crippen LogP contribution in [0.2, 0.25) is 0 Å².